The topological polar surface area (TPSA) is 86.8 Å². The van der Waals surface area contributed by atoms with Gasteiger partial charge in [-0.2, -0.15) is 0 Å². The van der Waals surface area contributed by atoms with Crippen molar-refractivity contribution in [3.63, 3.8) is 0 Å². The average molecular weight is 693 g/mol. The molecule has 0 bridgehead atoms. The SMILES string of the molecule is CCNC(=O)[C@@H](Cc1ccccc1)N(Cc1ccc(Cl)c(Cl)c1)C(=O)CN(c1cc(Cl)ccc1Cl)S(=O)(=O)c1ccccc1. The maximum Gasteiger partial charge on any atom is 0.264 e. The monoisotopic (exact) mass is 691 g/mol. The molecule has 230 valence electrons. The molecule has 4 aromatic carbocycles. The Balaban J connectivity index is 1.83. The lowest BCUT2D eigenvalue weighted by atomic mass is 10.0. The van der Waals surface area contributed by atoms with Crippen LogP contribution in [0.1, 0.15) is 18.1 Å². The molecule has 0 aliphatic heterocycles. The van der Waals surface area contributed by atoms with Gasteiger partial charge in [-0.25, -0.2) is 8.42 Å². The van der Waals surface area contributed by atoms with Crippen LogP contribution in [0.2, 0.25) is 20.1 Å². The largest absolute Gasteiger partial charge is 0.355 e. The van der Waals surface area contributed by atoms with Gasteiger partial charge in [0.15, 0.2) is 0 Å². The molecule has 0 radical (unpaired) electrons. The molecule has 7 nitrogen and oxygen atoms in total. The lowest BCUT2D eigenvalue weighted by Gasteiger charge is -2.34. The van der Waals surface area contributed by atoms with E-state index >= 15 is 0 Å². The summed E-state index contributed by atoms with van der Waals surface area (Å²) in [7, 11) is -4.32. The Morgan fingerprint density at radius 1 is 0.773 bits per heavy atom. The molecule has 0 aliphatic carbocycles. The van der Waals surface area contributed by atoms with E-state index in [0.29, 0.717) is 17.1 Å². The van der Waals surface area contributed by atoms with Crippen LogP contribution in [-0.2, 0) is 32.6 Å². The lowest BCUT2D eigenvalue weighted by Crippen LogP contribution is -2.53. The third kappa shape index (κ3) is 8.25. The first kappa shape index (κ1) is 33.6. The van der Waals surface area contributed by atoms with Gasteiger partial charge in [-0.15, -0.1) is 0 Å². The molecule has 44 heavy (non-hydrogen) atoms. The molecule has 0 aromatic heterocycles. The molecular formula is C32H29Cl4N3O4S. The molecular weight excluding hydrogens is 664 g/mol. The summed E-state index contributed by atoms with van der Waals surface area (Å²) in [6.45, 7) is 1.36. The molecule has 1 N–H and O–H groups in total. The van der Waals surface area contributed by atoms with Gasteiger partial charge in [-0.05, 0) is 60.5 Å². The molecule has 0 unspecified atom stereocenters. The fourth-order valence-electron chi connectivity index (χ4n) is 4.59. The highest BCUT2D eigenvalue weighted by Gasteiger charge is 2.35. The van der Waals surface area contributed by atoms with E-state index in [4.69, 9.17) is 46.4 Å². The molecule has 0 saturated carbocycles. The van der Waals surface area contributed by atoms with Crippen LogP contribution in [-0.4, -0.2) is 44.3 Å². The maximum absolute atomic E-state index is 14.4. The Labute approximate surface area is 277 Å². The number of carbonyl (C=O) groups is 2. The van der Waals surface area contributed by atoms with Crippen LogP contribution in [0.3, 0.4) is 0 Å². The van der Waals surface area contributed by atoms with Crippen LogP contribution in [0.4, 0.5) is 5.69 Å². The first-order valence-electron chi connectivity index (χ1n) is 13.6. The number of amides is 2. The summed E-state index contributed by atoms with van der Waals surface area (Å²) in [5.41, 5.74) is 1.42. The average Bonchev–Trinajstić information content (AvgIpc) is 3.01. The number of nitrogens with one attached hydrogen (secondary N) is 1. The normalized spacial score (nSPS) is 11.9. The molecule has 0 aliphatic rings. The number of rotatable bonds is 12. The molecule has 4 aromatic rings. The second-order valence-corrected chi connectivity index (χ2v) is 13.3. The van der Waals surface area contributed by atoms with Crippen molar-refractivity contribution in [1.82, 2.24) is 10.2 Å². The van der Waals surface area contributed by atoms with Crippen molar-refractivity contribution >= 4 is 73.9 Å². The summed E-state index contributed by atoms with van der Waals surface area (Å²) in [5, 5.41) is 3.71. The first-order valence-corrected chi connectivity index (χ1v) is 16.5. The van der Waals surface area contributed by atoms with Gasteiger partial charge in [-0.3, -0.25) is 13.9 Å². The zero-order chi connectivity index (χ0) is 31.9. The van der Waals surface area contributed by atoms with E-state index in [1.165, 1.54) is 35.2 Å². The van der Waals surface area contributed by atoms with Crippen molar-refractivity contribution in [3.05, 3.63) is 128 Å². The quantitative estimate of drug-likeness (QED) is 0.169. The van der Waals surface area contributed by atoms with Crippen LogP contribution in [0.15, 0.2) is 102 Å². The summed E-state index contributed by atoms with van der Waals surface area (Å²) < 4.78 is 29.0. The zero-order valence-electron chi connectivity index (χ0n) is 23.6. The van der Waals surface area contributed by atoms with Gasteiger partial charge in [0.05, 0.1) is 25.7 Å². The van der Waals surface area contributed by atoms with Gasteiger partial charge in [-0.1, -0.05) is 101 Å². The summed E-state index contributed by atoms with van der Waals surface area (Å²) in [6, 6.07) is 25.2. The highest BCUT2D eigenvalue weighted by Crippen LogP contribution is 2.33. The number of halogens is 4. The predicted molar refractivity (Wildman–Crippen MR) is 177 cm³/mol. The van der Waals surface area contributed by atoms with Crippen LogP contribution in [0, 0.1) is 0 Å². The minimum absolute atomic E-state index is 0.0171. The Bertz CT molecular complexity index is 1720. The third-order valence-corrected chi connectivity index (χ3v) is 9.81. The Kier molecular flexibility index (Phi) is 11.6. The maximum atomic E-state index is 14.4. The van der Waals surface area contributed by atoms with E-state index in [-0.39, 0.29) is 38.6 Å². The lowest BCUT2D eigenvalue weighted by molar-refractivity contribution is -0.140. The number of nitrogens with zero attached hydrogens (tertiary/aromatic N) is 2. The molecule has 0 fully saturated rings. The zero-order valence-corrected chi connectivity index (χ0v) is 27.4. The van der Waals surface area contributed by atoms with Crippen LogP contribution in [0.25, 0.3) is 0 Å². The number of anilines is 1. The van der Waals surface area contributed by atoms with Gasteiger partial charge in [0, 0.05) is 24.5 Å². The van der Waals surface area contributed by atoms with Crippen molar-refractivity contribution < 1.29 is 18.0 Å². The summed E-state index contributed by atoms with van der Waals surface area (Å²) in [6.07, 6.45) is 0.170. The van der Waals surface area contributed by atoms with E-state index in [1.54, 1.807) is 43.3 Å². The molecule has 0 spiro atoms. The van der Waals surface area contributed by atoms with E-state index in [1.807, 2.05) is 30.3 Å². The fourth-order valence-corrected chi connectivity index (χ4v) is 6.79. The second-order valence-electron chi connectivity index (χ2n) is 9.79. The van der Waals surface area contributed by atoms with E-state index in [9.17, 15) is 18.0 Å². The fraction of sp³-hybridized carbons (Fsp3) is 0.188. The van der Waals surface area contributed by atoms with Crippen molar-refractivity contribution in [2.75, 3.05) is 17.4 Å². The number of carbonyl (C=O) groups excluding carboxylic acids is 2. The van der Waals surface area contributed by atoms with E-state index in [2.05, 4.69) is 5.32 Å². The van der Waals surface area contributed by atoms with Crippen molar-refractivity contribution in [2.24, 2.45) is 0 Å². The van der Waals surface area contributed by atoms with Gasteiger partial charge < -0.3 is 10.2 Å². The van der Waals surface area contributed by atoms with Gasteiger partial charge >= 0.3 is 0 Å². The number of sulfonamides is 1. The Hall–Kier alpha value is -3.27. The van der Waals surface area contributed by atoms with Gasteiger partial charge in [0.1, 0.15) is 12.6 Å². The first-order chi connectivity index (χ1) is 21.0. The minimum Gasteiger partial charge on any atom is -0.355 e. The highest BCUT2D eigenvalue weighted by atomic mass is 35.5. The summed E-state index contributed by atoms with van der Waals surface area (Å²) >= 11 is 25.2. The summed E-state index contributed by atoms with van der Waals surface area (Å²) in [5.74, 6) is -1.05. The van der Waals surface area contributed by atoms with Crippen LogP contribution >= 0.6 is 46.4 Å². The van der Waals surface area contributed by atoms with E-state index in [0.717, 1.165) is 9.87 Å². The van der Waals surface area contributed by atoms with Crippen molar-refractivity contribution in [2.45, 2.75) is 30.8 Å². The molecule has 0 heterocycles. The Morgan fingerprint density at radius 3 is 2.05 bits per heavy atom. The van der Waals surface area contributed by atoms with Gasteiger partial charge in [0.25, 0.3) is 10.0 Å². The predicted octanol–water partition coefficient (Wildman–Crippen LogP) is 7.27. The molecule has 0 saturated heterocycles. The smallest absolute Gasteiger partial charge is 0.264 e. The number of benzene rings is 4. The van der Waals surface area contributed by atoms with E-state index < -0.39 is 34.4 Å². The molecule has 12 heteroatoms. The number of hydrogen-bond donors (Lipinski definition) is 1. The molecule has 2 amide bonds. The third-order valence-electron chi connectivity index (χ3n) is 6.75. The van der Waals surface area contributed by atoms with Crippen LogP contribution in [0.5, 0.6) is 0 Å². The summed E-state index contributed by atoms with van der Waals surface area (Å²) in [4.78, 5) is 29.3. The second kappa shape index (κ2) is 15.1. The standard InChI is InChI=1S/C32H29Cl4N3O4S/c1-2-37-32(41)30(18-22-9-5-3-6-10-22)38(20-23-13-15-26(34)28(36)17-23)31(40)21-39(29-19-24(33)14-16-27(29)35)44(42,43)25-11-7-4-8-12-25/h3-17,19,30H,2,18,20-21H2,1H3,(H,37,41)/t30-/m1/s1. The van der Waals surface area contributed by atoms with Crippen molar-refractivity contribution in [3.8, 4) is 0 Å². The molecule has 1 atom stereocenters. The number of likely N-dealkylation sites (N-methyl/N-ethyl adjacent to an activating group) is 1. The van der Waals surface area contributed by atoms with Crippen molar-refractivity contribution in [1.29, 1.82) is 0 Å². The highest BCUT2D eigenvalue weighted by molar-refractivity contribution is 7.92. The van der Waals surface area contributed by atoms with Gasteiger partial charge in [0.2, 0.25) is 11.8 Å². The van der Waals surface area contributed by atoms with Crippen LogP contribution < -0.4 is 9.62 Å². The minimum atomic E-state index is -4.32. The molecule has 4 rings (SSSR count). The number of hydrogen-bond acceptors (Lipinski definition) is 4. The Morgan fingerprint density at radius 2 is 1.41 bits per heavy atom.